The van der Waals surface area contributed by atoms with Crippen molar-refractivity contribution < 1.29 is 52.5 Å². The minimum atomic E-state index is -0.889. The number of hydrogen-bond acceptors (Lipinski definition) is 12. The molecule has 12 nitrogen and oxygen atoms in total. The van der Waals surface area contributed by atoms with Gasteiger partial charge in [-0.25, -0.2) is 0 Å². The third-order valence-corrected chi connectivity index (χ3v) is 11.1. The highest BCUT2D eigenvalue weighted by Crippen LogP contribution is 2.66. The van der Waals surface area contributed by atoms with E-state index >= 15 is 0 Å². The Morgan fingerprint density at radius 2 is 1.44 bits per heavy atom. The van der Waals surface area contributed by atoms with Crippen molar-refractivity contribution in [2.24, 2.45) is 5.92 Å². The molecule has 1 aromatic carbocycles. The normalized spacial score (nSPS) is 29.0. The lowest BCUT2D eigenvalue weighted by Gasteiger charge is -2.64. The van der Waals surface area contributed by atoms with Gasteiger partial charge < -0.3 is 52.5 Å². The molecule has 2 heterocycles. The standard InChI is InChI=1S/C36H57NO11/c1-39-12-14-41-16-17-42-18-19-43-20-21-44-22-23-46-30-8-9-36(38)31-24-28-6-7-29(47-26-45-15-13-40-2)33-32(28)35(36,34(30)48-33)10-11-37(31)25-27-4-3-5-27/h6-7,27,30-31,34,38H,3-5,8-26H2,1-2H3/t30-,31+,34?,35-,36+/m0/s1. The molecule has 1 N–H and O–H groups in total. The number of piperidine rings is 1. The lowest BCUT2D eigenvalue weighted by atomic mass is 9.48. The predicted molar refractivity (Wildman–Crippen MR) is 176 cm³/mol. The van der Waals surface area contributed by atoms with Crippen molar-refractivity contribution in [1.29, 1.82) is 0 Å². The largest absolute Gasteiger partial charge is 0.482 e. The first-order chi connectivity index (χ1) is 23.6. The highest BCUT2D eigenvalue weighted by Gasteiger charge is 2.73. The van der Waals surface area contributed by atoms with E-state index in [1.54, 1.807) is 14.2 Å². The molecule has 0 amide bonds. The number of hydrogen-bond donors (Lipinski definition) is 1. The molecule has 272 valence electrons. The molecule has 5 aliphatic rings. The van der Waals surface area contributed by atoms with E-state index in [-0.39, 0.29) is 25.0 Å². The summed E-state index contributed by atoms with van der Waals surface area (Å²) < 4.78 is 57.5. The van der Waals surface area contributed by atoms with Gasteiger partial charge in [0.15, 0.2) is 18.3 Å². The first kappa shape index (κ1) is 36.2. The van der Waals surface area contributed by atoms with Crippen LogP contribution in [0.1, 0.15) is 49.7 Å². The van der Waals surface area contributed by atoms with Crippen LogP contribution in [0.4, 0.5) is 0 Å². The maximum Gasteiger partial charge on any atom is 0.189 e. The molecule has 3 aliphatic carbocycles. The minimum Gasteiger partial charge on any atom is -0.482 e. The van der Waals surface area contributed by atoms with Crippen LogP contribution in [0, 0.1) is 5.92 Å². The van der Waals surface area contributed by atoms with Crippen molar-refractivity contribution in [3.05, 3.63) is 23.3 Å². The minimum absolute atomic E-state index is 0.0736. The van der Waals surface area contributed by atoms with Gasteiger partial charge in [-0.15, -0.1) is 0 Å². The summed E-state index contributed by atoms with van der Waals surface area (Å²) in [5, 5.41) is 12.9. The predicted octanol–water partition coefficient (Wildman–Crippen LogP) is 2.74. The van der Waals surface area contributed by atoms with Gasteiger partial charge in [-0.2, -0.15) is 0 Å². The molecule has 3 fully saturated rings. The van der Waals surface area contributed by atoms with E-state index in [0.29, 0.717) is 91.5 Å². The number of rotatable bonds is 24. The number of ether oxygens (including phenoxy) is 10. The molecular weight excluding hydrogens is 622 g/mol. The molecule has 2 bridgehead atoms. The van der Waals surface area contributed by atoms with Crippen molar-refractivity contribution >= 4 is 0 Å². The molecule has 12 heteroatoms. The molecule has 0 aromatic heterocycles. The Morgan fingerprint density at radius 3 is 2.08 bits per heavy atom. The fourth-order valence-electron chi connectivity index (χ4n) is 8.55. The topological polar surface area (TPSA) is 116 Å². The van der Waals surface area contributed by atoms with E-state index in [9.17, 15) is 5.11 Å². The van der Waals surface area contributed by atoms with Crippen LogP contribution in [0.2, 0.25) is 0 Å². The van der Waals surface area contributed by atoms with Gasteiger partial charge in [-0.1, -0.05) is 12.5 Å². The Labute approximate surface area is 285 Å². The van der Waals surface area contributed by atoms with Crippen molar-refractivity contribution in [2.75, 3.05) is 113 Å². The van der Waals surface area contributed by atoms with E-state index in [0.717, 1.165) is 49.6 Å². The molecule has 5 atom stereocenters. The van der Waals surface area contributed by atoms with Gasteiger partial charge in [-0.3, -0.25) is 4.90 Å². The van der Waals surface area contributed by atoms with Crippen molar-refractivity contribution in [3.8, 4) is 11.5 Å². The van der Waals surface area contributed by atoms with E-state index in [1.165, 1.54) is 24.8 Å². The van der Waals surface area contributed by atoms with Crippen molar-refractivity contribution in [1.82, 2.24) is 4.90 Å². The molecule has 1 aromatic rings. The lowest BCUT2D eigenvalue weighted by molar-refractivity contribution is -0.218. The summed E-state index contributed by atoms with van der Waals surface area (Å²) in [4.78, 5) is 2.60. The van der Waals surface area contributed by atoms with Gasteiger partial charge in [0.25, 0.3) is 0 Å². The van der Waals surface area contributed by atoms with Crippen LogP contribution in [0.5, 0.6) is 11.5 Å². The zero-order valence-electron chi connectivity index (χ0n) is 29.0. The Kier molecular flexibility index (Phi) is 13.3. The molecular formula is C36H57NO11. The van der Waals surface area contributed by atoms with Crippen LogP contribution in [-0.2, 0) is 49.7 Å². The summed E-state index contributed by atoms with van der Waals surface area (Å²) in [6.45, 7) is 8.26. The quantitative estimate of drug-likeness (QED) is 0.128. The summed E-state index contributed by atoms with van der Waals surface area (Å²) in [6, 6.07) is 4.26. The average molecular weight is 680 g/mol. The molecule has 1 saturated heterocycles. The first-order valence-electron chi connectivity index (χ1n) is 18.0. The third kappa shape index (κ3) is 7.68. The maximum atomic E-state index is 12.9. The van der Waals surface area contributed by atoms with E-state index in [1.807, 2.05) is 6.07 Å². The van der Waals surface area contributed by atoms with Crippen LogP contribution < -0.4 is 9.47 Å². The Balaban J connectivity index is 1.03. The highest BCUT2D eigenvalue weighted by molar-refractivity contribution is 5.63. The molecule has 1 unspecified atom stereocenters. The molecule has 2 saturated carbocycles. The number of likely N-dealkylation sites (tertiary alicyclic amines) is 1. The second kappa shape index (κ2) is 17.6. The Morgan fingerprint density at radius 1 is 0.792 bits per heavy atom. The molecule has 6 rings (SSSR count). The van der Waals surface area contributed by atoms with Gasteiger partial charge in [-0.05, 0) is 62.6 Å². The zero-order valence-corrected chi connectivity index (χ0v) is 29.0. The summed E-state index contributed by atoms with van der Waals surface area (Å²) >= 11 is 0. The summed E-state index contributed by atoms with van der Waals surface area (Å²) in [5.74, 6) is 2.16. The second-order valence-corrected chi connectivity index (χ2v) is 13.7. The van der Waals surface area contributed by atoms with Gasteiger partial charge in [0.2, 0.25) is 0 Å². The van der Waals surface area contributed by atoms with Crippen molar-refractivity contribution in [3.63, 3.8) is 0 Å². The van der Waals surface area contributed by atoms with Gasteiger partial charge >= 0.3 is 0 Å². The SMILES string of the molecule is COCCOCCOCCOCCOCCO[C@H]1CC[C@@]2(O)[C@H]3Cc4ccc(OCOCCOC)c5c4[C@@]2(CCN3CC2CCC2)C1O5. The van der Waals surface area contributed by atoms with Gasteiger partial charge in [0.05, 0.1) is 96.4 Å². The highest BCUT2D eigenvalue weighted by atomic mass is 16.7. The average Bonchev–Trinajstić information content (AvgIpc) is 3.42. The third-order valence-electron chi connectivity index (χ3n) is 11.1. The van der Waals surface area contributed by atoms with E-state index in [2.05, 4.69) is 11.0 Å². The lowest BCUT2D eigenvalue weighted by Crippen LogP contribution is -2.77. The van der Waals surface area contributed by atoms with Crippen molar-refractivity contribution in [2.45, 2.75) is 74.2 Å². The van der Waals surface area contributed by atoms with Crippen LogP contribution in [-0.4, -0.2) is 147 Å². The fraction of sp³-hybridized carbons (Fsp3) is 0.833. The van der Waals surface area contributed by atoms with Crippen LogP contribution >= 0.6 is 0 Å². The summed E-state index contributed by atoms with van der Waals surface area (Å²) in [6.07, 6.45) is 6.55. The maximum absolute atomic E-state index is 12.9. The Hall–Kier alpha value is -1.58. The second-order valence-electron chi connectivity index (χ2n) is 13.7. The van der Waals surface area contributed by atoms with E-state index in [4.69, 9.17) is 47.4 Å². The van der Waals surface area contributed by atoms with Crippen LogP contribution in [0.25, 0.3) is 0 Å². The smallest absolute Gasteiger partial charge is 0.189 e. The zero-order chi connectivity index (χ0) is 33.2. The number of nitrogens with zero attached hydrogens (tertiary/aromatic N) is 1. The molecule has 0 radical (unpaired) electrons. The van der Waals surface area contributed by atoms with Gasteiger partial charge in [0.1, 0.15) is 6.10 Å². The summed E-state index contributed by atoms with van der Waals surface area (Å²) in [5.41, 5.74) is 0.967. The van der Waals surface area contributed by atoms with Crippen LogP contribution in [0.15, 0.2) is 12.1 Å². The molecule has 2 aliphatic heterocycles. The number of methoxy groups -OCH3 is 2. The fourth-order valence-corrected chi connectivity index (χ4v) is 8.55. The molecule has 48 heavy (non-hydrogen) atoms. The number of aliphatic hydroxyl groups is 1. The summed E-state index contributed by atoms with van der Waals surface area (Å²) in [7, 11) is 3.30. The Bertz CT molecular complexity index is 1140. The molecule has 1 spiro atoms. The van der Waals surface area contributed by atoms with Gasteiger partial charge in [0, 0.05) is 32.4 Å². The monoisotopic (exact) mass is 679 g/mol. The number of benzene rings is 1. The first-order valence-corrected chi connectivity index (χ1v) is 18.0. The van der Waals surface area contributed by atoms with Crippen LogP contribution in [0.3, 0.4) is 0 Å². The van der Waals surface area contributed by atoms with E-state index < -0.39 is 11.0 Å².